The molecule has 2 aliphatic heterocycles. The van der Waals surface area contributed by atoms with Gasteiger partial charge in [0.1, 0.15) is 6.10 Å². The van der Waals surface area contributed by atoms with Gasteiger partial charge in [0.05, 0.1) is 31.4 Å². The molecular weight excluding hydrogens is 464 g/mol. The summed E-state index contributed by atoms with van der Waals surface area (Å²) in [5.74, 6) is 3.27. The lowest BCUT2D eigenvalue weighted by molar-refractivity contribution is -0.115. The molecule has 8 heteroatoms. The Morgan fingerprint density at radius 2 is 1.84 bits per heavy atom. The topological polar surface area (TPSA) is 93.1 Å². The molecule has 0 aliphatic carbocycles. The molecule has 1 amide bonds. The van der Waals surface area contributed by atoms with Gasteiger partial charge in [0.25, 0.3) is 0 Å². The fourth-order valence-corrected chi connectivity index (χ4v) is 3.79. The molecule has 0 radical (unpaired) electrons. The summed E-state index contributed by atoms with van der Waals surface area (Å²) >= 11 is 0. The van der Waals surface area contributed by atoms with Crippen LogP contribution >= 0.6 is 0 Å². The molecule has 0 fully saturated rings. The lowest BCUT2D eigenvalue weighted by atomic mass is 10.1. The van der Waals surface area contributed by atoms with Crippen LogP contribution in [0.3, 0.4) is 0 Å². The number of anilines is 2. The van der Waals surface area contributed by atoms with Crippen LogP contribution in [-0.4, -0.2) is 46.4 Å². The maximum Gasteiger partial charge on any atom is 0.237 e. The van der Waals surface area contributed by atoms with Gasteiger partial charge in [0, 0.05) is 42.8 Å². The number of pyridine rings is 1. The van der Waals surface area contributed by atoms with E-state index in [-0.39, 0.29) is 12.0 Å². The summed E-state index contributed by atoms with van der Waals surface area (Å²) in [6.07, 6.45) is 11.4. The van der Waals surface area contributed by atoms with Crippen molar-refractivity contribution in [2.75, 3.05) is 30.3 Å². The third-order valence-electron chi connectivity index (χ3n) is 5.60. The van der Waals surface area contributed by atoms with Gasteiger partial charge in [-0.2, -0.15) is 5.10 Å². The minimum Gasteiger partial charge on any atom is -0.470 e. The number of para-hydroxylation sites is 1. The molecule has 37 heavy (non-hydrogen) atoms. The van der Waals surface area contributed by atoms with E-state index < -0.39 is 0 Å². The molecule has 2 aromatic carbocycles. The predicted octanol–water partition coefficient (Wildman–Crippen LogP) is 3.75. The fraction of sp³-hybridized carbons (Fsp3) is 0.207. The highest BCUT2D eigenvalue weighted by molar-refractivity contribution is 5.98. The van der Waals surface area contributed by atoms with Gasteiger partial charge in [0.2, 0.25) is 11.8 Å². The standard InChI is InChI=1S/C15H17N5O.C8H7NO.C6H6/c1-3-4-16-8-13-9-17-14-5-11(6-18-15(14)21-13)12-7-19-20(2)10-12;10-8-5-6-3-1-2-4-7(6)9-8;1-2-4-6-5-3-1/h1,5-7,10,13,16-17H,4,8-9H2,2H3;1-4H,5H2,(H,9,10);1-6H/t13-;;/m1../s1. The highest BCUT2D eigenvalue weighted by Crippen LogP contribution is 2.31. The molecular formula is C29H30N6O2. The van der Waals surface area contributed by atoms with Gasteiger partial charge in [-0.1, -0.05) is 60.5 Å². The first-order valence-electron chi connectivity index (χ1n) is 12.0. The number of carbonyl (C=O) groups excluding carboxylic acids is 1. The summed E-state index contributed by atoms with van der Waals surface area (Å²) in [6, 6.07) is 21.8. The lowest BCUT2D eigenvalue weighted by Crippen LogP contribution is -2.39. The molecule has 188 valence electrons. The molecule has 0 unspecified atom stereocenters. The number of aryl methyl sites for hydroxylation is 1. The first kappa shape index (κ1) is 25.5. The molecule has 2 aromatic heterocycles. The average Bonchev–Trinajstić information content (AvgIpc) is 3.54. The number of amides is 1. The molecule has 0 saturated heterocycles. The Kier molecular flexibility index (Phi) is 8.89. The van der Waals surface area contributed by atoms with E-state index in [0.29, 0.717) is 25.4 Å². The first-order chi connectivity index (χ1) is 18.1. The Labute approximate surface area is 217 Å². The highest BCUT2D eigenvalue weighted by atomic mass is 16.5. The van der Waals surface area contributed by atoms with E-state index in [1.807, 2.05) is 86.2 Å². The van der Waals surface area contributed by atoms with Crippen molar-refractivity contribution in [1.29, 1.82) is 0 Å². The van der Waals surface area contributed by atoms with Gasteiger partial charge >= 0.3 is 0 Å². The van der Waals surface area contributed by atoms with Crippen molar-refractivity contribution in [3.63, 3.8) is 0 Å². The number of ether oxygens (including phenoxy) is 1. The number of nitrogens with zero attached hydrogens (tertiary/aromatic N) is 3. The van der Waals surface area contributed by atoms with Crippen molar-refractivity contribution in [3.8, 4) is 29.4 Å². The molecule has 4 heterocycles. The Balaban J connectivity index is 0.000000163. The maximum absolute atomic E-state index is 10.8. The van der Waals surface area contributed by atoms with Crippen LogP contribution in [0.15, 0.2) is 85.3 Å². The summed E-state index contributed by atoms with van der Waals surface area (Å²) < 4.78 is 7.62. The Hall–Kier alpha value is -4.61. The first-order valence-corrected chi connectivity index (χ1v) is 12.0. The van der Waals surface area contributed by atoms with Crippen LogP contribution in [-0.2, 0) is 18.3 Å². The van der Waals surface area contributed by atoms with Gasteiger partial charge in [0.15, 0.2) is 0 Å². The van der Waals surface area contributed by atoms with Gasteiger partial charge in [-0.3, -0.25) is 9.48 Å². The summed E-state index contributed by atoms with van der Waals surface area (Å²) in [6.45, 7) is 1.96. The number of hydrogen-bond donors (Lipinski definition) is 3. The van der Waals surface area contributed by atoms with Gasteiger partial charge in [-0.05, 0) is 17.7 Å². The van der Waals surface area contributed by atoms with Crippen LogP contribution in [0, 0.1) is 12.3 Å². The zero-order valence-electron chi connectivity index (χ0n) is 20.7. The monoisotopic (exact) mass is 494 g/mol. The van der Waals surface area contributed by atoms with E-state index in [2.05, 4.69) is 32.0 Å². The SMILES string of the molecule is C#CCNC[C@@H]1CNc2cc(-c3cnn(C)c3)cnc2O1.O=C1Cc2ccccc2N1.c1ccccc1. The largest absolute Gasteiger partial charge is 0.470 e. The van der Waals surface area contributed by atoms with Crippen molar-refractivity contribution in [2.24, 2.45) is 7.05 Å². The average molecular weight is 495 g/mol. The second kappa shape index (κ2) is 12.9. The molecule has 0 spiro atoms. The fourth-order valence-electron chi connectivity index (χ4n) is 3.79. The zero-order valence-corrected chi connectivity index (χ0v) is 20.7. The Morgan fingerprint density at radius 1 is 1.08 bits per heavy atom. The van der Waals surface area contributed by atoms with Crippen molar-refractivity contribution >= 4 is 17.3 Å². The lowest BCUT2D eigenvalue weighted by Gasteiger charge is -2.26. The second-order valence-corrected chi connectivity index (χ2v) is 8.47. The summed E-state index contributed by atoms with van der Waals surface area (Å²) in [5, 5.41) is 13.4. The van der Waals surface area contributed by atoms with Crippen molar-refractivity contribution in [1.82, 2.24) is 20.1 Å². The molecule has 4 aromatic rings. The smallest absolute Gasteiger partial charge is 0.237 e. The normalized spacial score (nSPS) is 14.6. The Morgan fingerprint density at radius 3 is 2.51 bits per heavy atom. The van der Waals surface area contributed by atoms with Crippen LogP contribution in [0.1, 0.15) is 5.56 Å². The summed E-state index contributed by atoms with van der Waals surface area (Å²) in [5.41, 5.74) is 5.03. The third kappa shape index (κ3) is 7.43. The molecule has 0 saturated carbocycles. The van der Waals surface area contributed by atoms with Crippen molar-refractivity contribution < 1.29 is 9.53 Å². The van der Waals surface area contributed by atoms with Gasteiger partial charge < -0.3 is 20.7 Å². The number of benzene rings is 2. The number of hydrogen-bond acceptors (Lipinski definition) is 6. The van der Waals surface area contributed by atoms with Crippen LogP contribution < -0.4 is 20.7 Å². The zero-order chi connectivity index (χ0) is 25.9. The Bertz CT molecular complexity index is 1290. The highest BCUT2D eigenvalue weighted by Gasteiger charge is 2.20. The second-order valence-electron chi connectivity index (χ2n) is 8.47. The third-order valence-corrected chi connectivity index (χ3v) is 5.60. The number of fused-ring (bicyclic) bond motifs is 2. The van der Waals surface area contributed by atoms with Crippen molar-refractivity contribution in [2.45, 2.75) is 12.5 Å². The molecule has 8 nitrogen and oxygen atoms in total. The predicted molar refractivity (Wildman–Crippen MR) is 146 cm³/mol. The van der Waals surface area contributed by atoms with Gasteiger partial charge in [-0.25, -0.2) is 4.98 Å². The van der Waals surface area contributed by atoms with Crippen LogP contribution in [0.4, 0.5) is 11.4 Å². The van der Waals surface area contributed by atoms with Crippen molar-refractivity contribution in [3.05, 3.63) is 90.9 Å². The van der Waals surface area contributed by atoms with Crippen LogP contribution in [0.5, 0.6) is 5.88 Å². The summed E-state index contributed by atoms with van der Waals surface area (Å²) in [4.78, 5) is 15.2. The number of aromatic nitrogens is 3. The number of carbonyl (C=O) groups is 1. The van der Waals surface area contributed by atoms with Crippen LogP contribution in [0.2, 0.25) is 0 Å². The van der Waals surface area contributed by atoms with E-state index in [4.69, 9.17) is 11.2 Å². The van der Waals surface area contributed by atoms with E-state index >= 15 is 0 Å². The van der Waals surface area contributed by atoms with Crippen LogP contribution in [0.25, 0.3) is 11.1 Å². The van der Waals surface area contributed by atoms with E-state index in [9.17, 15) is 4.79 Å². The molecule has 0 bridgehead atoms. The molecule has 6 rings (SSSR count). The number of terminal acetylenes is 1. The quantitative estimate of drug-likeness (QED) is 0.296. The minimum absolute atomic E-state index is 0.0302. The van der Waals surface area contributed by atoms with E-state index in [0.717, 1.165) is 34.6 Å². The number of rotatable bonds is 4. The van der Waals surface area contributed by atoms with E-state index in [1.54, 1.807) is 10.9 Å². The summed E-state index contributed by atoms with van der Waals surface area (Å²) in [7, 11) is 1.89. The minimum atomic E-state index is 0.0302. The molecule has 2 aliphatic rings. The molecule has 3 N–H and O–H groups in total. The molecule has 1 atom stereocenters. The van der Waals surface area contributed by atoms with E-state index in [1.165, 1.54) is 0 Å². The van der Waals surface area contributed by atoms with Gasteiger partial charge in [-0.15, -0.1) is 6.42 Å². The maximum atomic E-state index is 10.8. The number of nitrogens with one attached hydrogen (secondary N) is 3.